The fourth-order valence-electron chi connectivity index (χ4n) is 16.0. The second kappa shape index (κ2) is 35.2. The number of amides is 1. The Morgan fingerprint density at radius 1 is 0.551 bits per heavy atom. The summed E-state index contributed by atoms with van der Waals surface area (Å²) in [5, 5.41) is 24.7. The van der Waals surface area contributed by atoms with Gasteiger partial charge in [-0.3, -0.25) is 18.6 Å². The maximum Gasteiger partial charge on any atom is 0.416 e. The smallest absolute Gasteiger partial charge is 0.416 e. The molecular formula is C77H94F9N9O8S4. The number of aromatic nitrogens is 4. The van der Waals surface area contributed by atoms with Crippen LogP contribution in [0.1, 0.15) is 135 Å². The third kappa shape index (κ3) is 22.0. The lowest BCUT2D eigenvalue weighted by Crippen LogP contribution is -2.42. The van der Waals surface area contributed by atoms with Gasteiger partial charge in [0.15, 0.2) is 0 Å². The van der Waals surface area contributed by atoms with E-state index in [1.807, 2.05) is 42.0 Å². The summed E-state index contributed by atoms with van der Waals surface area (Å²) in [6, 6.07) is 12.3. The number of carboxylic acids is 1. The second-order valence-electron chi connectivity index (χ2n) is 30.1. The van der Waals surface area contributed by atoms with Crippen LogP contribution in [0.3, 0.4) is 0 Å². The number of aliphatic carboxylic acids is 1. The molecule has 107 heavy (non-hydrogen) atoms. The van der Waals surface area contributed by atoms with E-state index in [1.54, 1.807) is 24.4 Å². The number of esters is 1. The van der Waals surface area contributed by atoms with E-state index in [4.69, 9.17) is 5.11 Å². The zero-order valence-electron chi connectivity index (χ0n) is 60.0. The highest BCUT2D eigenvalue weighted by molar-refractivity contribution is 7.86. The van der Waals surface area contributed by atoms with Crippen LogP contribution >= 0.6 is 34.0 Å². The van der Waals surface area contributed by atoms with Crippen molar-refractivity contribution in [2.75, 3.05) is 98.5 Å². The summed E-state index contributed by atoms with van der Waals surface area (Å²) in [4.78, 5) is 50.1. The van der Waals surface area contributed by atoms with E-state index < -0.39 is 51.3 Å². The molecule has 8 aliphatic rings. The topological polar surface area (TPSA) is 193 Å². The molecule has 3 saturated carbocycles. The molecule has 16 rings (SSSR count). The molecule has 5 saturated heterocycles. The number of fused-ring (bicyclic) bond motifs is 3. The lowest BCUT2D eigenvalue weighted by atomic mass is 9.89. The SMILES string of the molecule is COC(=O)C1CC1COS(C)(=O)=O.FC(F)(F)c1ccc2c(C3CCNCC3)csc2c1.O=C(O)[C@@H]1C[C@H]1CN1CCC(c2csc3cc(C(F)(F)F)ccc23)CC1.O=C([C@@H]1CC1CN1CCC(c2csc3cc(C(F)(F)F)ccc23)CC1)N1CCC[C@@H](Cn2ccnc2)C1.c1cn(C[C@@H]2CCCNC2)cn1. The molecule has 0 radical (unpaired) electrons. The summed E-state index contributed by atoms with van der Waals surface area (Å²) in [5.74, 6) is 2.47. The molecule has 582 valence electrons. The number of nitrogens with zero attached hydrogens (tertiary/aromatic N) is 7. The van der Waals surface area contributed by atoms with Gasteiger partial charge in [0.25, 0.3) is 10.1 Å². The maximum absolute atomic E-state index is 13.2. The highest BCUT2D eigenvalue weighted by Crippen LogP contribution is 2.47. The maximum atomic E-state index is 13.2. The molecule has 0 bridgehead atoms. The number of alkyl halides is 9. The number of ether oxygens (including phenoxy) is 1. The van der Waals surface area contributed by atoms with Crippen molar-refractivity contribution in [3.05, 3.63) is 142 Å². The lowest BCUT2D eigenvalue weighted by molar-refractivity contribution is -0.143. The Kier molecular flexibility index (Phi) is 26.4. The monoisotopic (exact) mass is 1570 g/mol. The largest absolute Gasteiger partial charge is 0.481 e. The lowest BCUT2D eigenvalue weighted by Gasteiger charge is -2.34. The normalized spacial score (nSPS) is 24.1. The molecule has 30 heteroatoms. The first-order chi connectivity index (χ1) is 51.1. The number of likely N-dealkylation sites (tertiary alicyclic amines) is 3. The van der Waals surface area contributed by atoms with Gasteiger partial charge in [-0.15, -0.1) is 34.0 Å². The predicted molar refractivity (Wildman–Crippen MR) is 397 cm³/mol. The van der Waals surface area contributed by atoms with Gasteiger partial charge in [-0.25, -0.2) is 9.97 Å². The Morgan fingerprint density at radius 2 is 1.00 bits per heavy atom. The number of methoxy groups -OCH3 is 1. The van der Waals surface area contributed by atoms with E-state index in [0.717, 1.165) is 193 Å². The number of carboxylic acid groups (broad SMARTS) is 1. The number of benzene rings is 3. The average Bonchev–Trinajstić information content (AvgIpc) is 1.70. The first-order valence-corrected chi connectivity index (χ1v) is 41.5. The third-order valence-corrected chi connectivity index (χ3v) is 25.8. The van der Waals surface area contributed by atoms with Gasteiger partial charge >= 0.3 is 30.5 Å². The number of rotatable bonds is 17. The van der Waals surface area contributed by atoms with Gasteiger partial charge in [-0.1, -0.05) is 18.2 Å². The molecule has 3 N–H and O–H groups in total. The van der Waals surface area contributed by atoms with E-state index in [-0.39, 0.29) is 42.2 Å². The molecule has 17 nitrogen and oxygen atoms in total. The van der Waals surface area contributed by atoms with E-state index >= 15 is 0 Å². The van der Waals surface area contributed by atoms with Crippen LogP contribution in [0.15, 0.2) is 108 Å². The van der Waals surface area contributed by atoms with Crippen LogP contribution in [0, 0.1) is 47.3 Å². The first-order valence-electron chi connectivity index (χ1n) is 37.1. The molecule has 10 heterocycles. The van der Waals surface area contributed by atoms with Crippen LogP contribution in [0.2, 0.25) is 0 Å². The summed E-state index contributed by atoms with van der Waals surface area (Å²) < 4.78 is 152. The van der Waals surface area contributed by atoms with Crippen LogP contribution in [0.4, 0.5) is 39.5 Å². The van der Waals surface area contributed by atoms with E-state index in [2.05, 4.69) is 58.7 Å². The third-order valence-electron chi connectivity index (χ3n) is 22.3. The van der Waals surface area contributed by atoms with Gasteiger partial charge in [0, 0.05) is 84.1 Å². The molecule has 8 fully saturated rings. The second-order valence-corrected chi connectivity index (χ2v) is 34.4. The van der Waals surface area contributed by atoms with Crippen molar-refractivity contribution in [3.8, 4) is 0 Å². The fourth-order valence-corrected chi connectivity index (χ4v) is 19.6. The zero-order chi connectivity index (χ0) is 75.8. The van der Waals surface area contributed by atoms with Crippen molar-refractivity contribution in [1.82, 2.24) is 44.4 Å². The molecule has 3 aromatic carbocycles. The predicted octanol–water partition coefficient (Wildman–Crippen LogP) is 15.7. The Balaban J connectivity index is 0.000000134. The van der Waals surface area contributed by atoms with E-state index in [1.165, 1.54) is 108 Å². The number of nitrogens with one attached hydrogen (secondary N) is 2. The Labute approximate surface area is 629 Å². The number of halogens is 9. The Hall–Kier alpha value is -6.51. The number of piperidine rings is 5. The van der Waals surface area contributed by atoms with Crippen LogP contribution in [0.25, 0.3) is 30.3 Å². The van der Waals surface area contributed by atoms with Gasteiger partial charge in [-0.05, 0) is 269 Å². The van der Waals surface area contributed by atoms with Crippen molar-refractivity contribution < 1.29 is 76.3 Å². The minimum Gasteiger partial charge on any atom is -0.481 e. The highest BCUT2D eigenvalue weighted by Gasteiger charge is 2.48. The molecule has 8 atom stereocenters. The number of carbonyl (C=O) groups is 3. The summed E-state index contributed by atoms with van der Waals surface area (Å²) in [7, 11) is -2.07. The molecule has 5 aliphatic heterocycles. The molecule has 3 unspecified atom stereocenters. The molecular weight excluding hydrogens is 1480 g/mol. The van der Waals surface area contributed by atoms with E-state index in [0.29, 0.717) is 46.6 Å². The van der Waals surface area contributed by atoms with Gasteiger partial charge in [0.2, 0.25) is 5.91 Å². The minimum atomic E-state index is -4.31. The average molecular weight is 1570 g/mol. The Bertz CT molecular complexity index is 4350. The number of hydrogen-bond donors (Lipinski definition) is 3. The van der Waals surface area contributed by atoms with Gasteiger partial charge in [-0.2, -0.15) is 47.9 Å². The van der Waals surface area contributed by atoms with Gasteiger partial charge < -0.3 is 44.3 Å². The van der Waals surface area contributed by atoms with Crippen LogP contribution in [-0.2, 0) is 65.0 Å². The molecule has 5 aromatic heterocycles. The van der Waals surface area contributed by atoms with Crippen molar-refractivity contribution in [2.24, 2.45) is 47.3 Å². The fraction of sp³-hybridized carbons (Fsp3) is 0.571. The van der Waals surface area contributed by atoms with Crippen molar-refractivity contribution in [3.63, 3.8) is 0 Å². The summed E-state index contributed by atoms with van der Waals surface area (Å²) >= 11 is 4.22. The van der Waals surface area contributed by atoms with E-state index in [9.17, 15) is 62.3 Å². The minimum absolute atomic E-state index is 0.00201. The number of imidazole rings is 2. The molecule has 1 amide bonds. The molecule has 8 aromatic rings. The quantitative estimate of drug-likeness (QED) is 0.0443. The Morgan fingerprint density at radius 3 is 1.42 bits per heavy atom. The molecule has 0 spiro atoms. The highest BCUT2D eigenvalue weighted by atomic mass is 32.2. The zero-order valence-corrected chi connectivity index (χ0v) is 63.3. The van der Waals surface area contributed by atoms with Crippen molar-refractivity contribution >= 4 is 92.2 Å². The van der Waals surface area contributed by atoms with Crippen LogP contribution < -0.4 is 10.6 Å². The van der Waals surface area contributed by atoms with Crippen molar-refractivity contribution in [2.45, 2.75) is 133 Å². The summed E-state index contributed by atoms with van der Waals surface area (Å²) in [6.07, 6.45) is 13.0. The van der Waals surface area contributed by atoms with Gasteiger partial charge in [0.1, 0.15) is 0 Å². The van der Waals surface area contributed by atoms with Crippen LogP contribution in [-0.4, -0.2) is 164 Å². The summed E-state index contributed by atoms with van der Waals surface area (Å²) in [6.45, 7) is 13.8. The molecule has 3 aliphatic carbocycles. The number of carbonyl (C=O) groups excluding carboxylic acids is 2. The standard InChI is InChI=1S/C28H33F3N4OS.C19H20F3NO2S.C14H14F3NS.C9H15N3.C7H12O5S/c29-28(30,31)22-3-4-23-25(17-37-26(23)13-22)20-5-9-33(10-6-20)16-21-12-24(21)27(36)35-8-1-2-19(15-35)14-34-11-7-32-18-34;20-19(21,22)13-1-2-14-16(10-26-17(14)8-13)11-3-5-23(6-4-11)9-12-7-15(12)18(24)25;15-14(16,17)10-1-2-11-12(8-19-13(11)7-10)9-3-5-18-6-4-9;1-2-9(6-10-3-1)7-12-5-4-11-8-12;1-11-7(8)6-3-5(6)4-12-13(2,9)10/h3-4,7,11,13,17-21,24H,1-2,5-6,8-10,12,14-16H2;1-2,8,10-12,15H,3-7,9H2,(H,24,25);1-2,7-9,18H,3-6H2;4-5,8-10H,1-3,6-7H2;5-6H,3-4H2,1-2H3/t19-,21?,24+;12-,15+;;9-;/m00.1./s1. The first kappa shape index (κ1) is 80.0. The summed E-state index contributed by atoms with van der Waals surface area (Å²) in [5.41, 5.74) is 1.85. The number of thiophene rings is 3. The van der Waals surface area contributed by atoms with Gasteiger partial charge in [0.05, 0.1) is 61.2 Å². The van der Waals surface area contributed by atoms with Crippen LogP contribution in [0.5, 0.6) is 0 Å². The van der Waals surface area contributed by atoms with Crippen molar-refractivity contribution in [1.29, 1.82) is 0 Å². The number of hydrogen-bond acceptors (Lipinski definition) is 16.